The number of alkyl halides is 3. The molecule has 2 N–H and O–H groups in total. The summed E-state index contributed by atoms with van der Waals surface area (Å²) in [5.74, 6) is -0.253. The number of carbonyl (C=O) groups is 2. The molecular weight excluding hydrogens is 449 g/mol. The van der Waals surface area contributed by atoms with Gasteiger partial charge in [0, 0.05) is 28.6 Å². The number of aromatic nitrogens is 4. The summed E-state index contributed by atoms with van der Waals surface area (Å²) in [6, 6.07) is 7.42. The smallest absolute Gasteiger partial charge is 0.322 e. The fraction of sp³-hybridized carbons (Fsp3) is 0.174. The van der Waals surface area contributed by atoms with E-state index in [1.807, 2.05) is 6.07 Å². The van der Waals surface area contributed by atoms with Crippen LogP contribution in [0.3, 0.4) is 0 Å². The van der Waals surface area contributed by atoms with Crippen molar-refractivity contribution in [2.75, 3.05) is 10.6 Å². The van der Waals surface area contributed by atoms with Crippen molar-refractivity contribution in [2.45, 2.75) is 24.9 Å². The van der Waals surface area contributed by atoms with Gasteiger partial charge in [-0.2, -0.15) is 18.3 Å². The molecular formula is C23H15F3N6O2. The lowest BCUT2D eigenvalue weighted by molar-refractivity contribution is -0.141. The van der Waals surface area contributed by atoms with Gasteiger partial charge < -0.3 is 10.6 Å². The summed E-state index contributed by atoms with van der Waals surface area (Å²) in [5, 5.41) is 11.1. The Morgan fingerprint density at radius 3 is 2.74 bits per heavy atom. The van der Waals surface area contributed by atoms with Crippen LogP contribution in [0.5, 0.6) is 0 Å². The summed E-state index contributed by atoms with van der Waals surface area (Å²) in [7, 11) is 0. The normalized spacial score (nSPS) is 15.0. The lowest BCUT2D eigenvalue weighted by Crippen LogP contribution is -2.16. The molecule has 4 heterocycles. The minimum atomic E-state index is -4.62. The molecule has 1 fully saturated rings. The van der Waals surface area contributed by atoms with Crippen molar-refractivity contribution >= 4 is 34.1 Å². The maximum Gasteiger partial charge on any atom is 0.433 e. The van der Waals surface area contributed by atoms with Crippen molar-refractivity contribution in [1.82, 2.24) is 19.7 Å². The molecule has 0 saturated heterocycles. The Kier molecular flexibility index (Phi) is 4.25. The number of nitrogens with one attached hydrogen (secondary N) is 2. The highest BCUT2D eigenvalue weighted by molar-refractivity contribution is 6.24. The van der Waals surface area contributed by atoms with Gasteiger partial charge in [0.1, 0.15) is 11.5 Å². The van der Waals surface area contributed by atoms with Gasteiger partial charge in [-0.15, -0.1) is 0 Å². The van der Waals surface area contributed by atoms with E-state index in [0.717, 1.165) is 30.5 Å². The van der Waals surface area contributed by atoms with E-state index in [-0.39, 0.29) is 23.1 Å². The van der Waals surface area contributed by atoms with Crippen LogP contribution in [-0.4, -0.2) is 31.6 Å². The van der Waals surface area contributed by atoms with Gasteiger partial charge in [0.25, 0.3) is 11.8 Å². The molecule has 1 saturated carbocycles. The number of pyridine rings is 2. The maximum atomic E-state index is 13.1. The van der Waals surface area contributed by atoms with Gasteiger partial charge in [0.15, 0.2) is 0 Å². The predicted molar refractivity (Wildman–Crippen MR) is 116 cm³/mol. The molecule has 2 amide bonds. The SMILES string of the molecule is O=C(Nc1ccnc(C(F)(F)F)c1)c1cnn(-c2cnc3c4c(cccc24)C(=O)N3)c1C1CC1. The lowest BCUT2D eigenvalue weighted by Gasteiger charge is -2.12. The second kappa shape index (κ2) is 7.11. The highest BCUT2D eigenvalue weighted by Gasteiger charge is 2.35. The van der Waals surface area contributed by atoms with E-state index < -0.39 is 17.8 Å². The van der Waals surface area contributed by atoms with Crippen molar-refractivity contribution in [1.29, 1.82) is 0 Å². The van der Waals surface area contributed by atoms with Crippen LogP contribution in [0.25, 0.3) is 16.5 Å². The Bertz CT molecular complexity index is 1510. The number of hydrogen-bond acceptors (Lipinski definition) is 5. The molecule has 1 aliphatic carbocycles. The zero-order valence-corrected chi connectivity index (χ0v) is 17.3. The average molecular weight is 464 g/mol. The molecule has 4 aromatic rings. The average Bonchev–Trinajstić information content (AvgIpc) is 3.47. The van der Waals surface area contributed by atoms with E-state index in [1.165, 1.54) is 12.3 Å². The van der Waals surface area contributed by atoms with Crippen molar-refractivity contribution in [3.8, 4) is 5.69 Å². The number of halogens is 3. The summed E-state index contributed by atoms with van der Waals surface area (Å²) in [6.45, 7) is 0. The minimum absolute atomic E-state index is 0.0154. The first kappa shape index (κ1) is 20.3. The molecule has 2 aliphatic rings. The van der Waals surface area contributed by atoms with Gasteiger partial charge in [-0.1, -0.05) is 12.1 Å². The number of hydrogen-bond donors (Lipinski definition) is 2. The fourth-order valence-corrected chi connectivity index (χ4v) is 4.24. The molecule has 0 bridgehead atoms. The van der Waals surface area contributed by atoms with Gasteiger partial charge >= 0.3 is 6.18 Å². The van der Waals surface area contributed by atoms with E-state index in [9.17, 15) is 22.8 Å². The van der Waals surface area contributed by atoms with E-state index in [4.69, 9.17) is 0 Å². The van der Waals surface area contributed by atoms with Crippen molar-refractivity contribution in [3.63, 3.8) is 0 Å². The zero-order chi connectivity index (χ0) is 23.6. The molecule has 0 radical (unpaired) electrons. The van der Waals surface area contributed by atoms with Crippen LogP contribution >= 0.6 is 0 Å². The van der Waals surface area contributed by atoms with E-state index in [1.54, 1.807) is 23.0 Å². The third-order valence-corrected chi connectivity index (χ3v) is 5.92. The van der Waals surface area contributed by atoms with Crippen LogP contribution in [-0.2, 0) is 6.18 Å². The Morgan fingerprint density at radius 1 is 1.15 bits per heavy atom. The van der Waals surface area contributed by atoms with Crippen LogP contribution in [0.4, 0.5) is 24.7 Å². The summed E-state index contributed by atoms with van der Waals surface area (Å²) in [6.07, 6.45) is 1.08. The van der Waals surface area contributed by atoms with Gasteiger partial charge in [-0.3, -0.25) is 14.6 Å². The van der Waals surface area contributed by atoms with Crippen LogP contribution in [0.2, 0.25) is 0 Å². The van der Waals surface area contributed by atoms with E-state index >= 15 is 0 Å². The van der Waals surface area contributed by atoms with Crippen LogP contribution in [0, 0.1) is 0 Å². The summed E-state index contributed by atoms with van der Waals surface area (Å²) in [5.41, 5.74) is 0.941. The van der Waals surface area contributed by atoms with Crippen LogP contribution in [0.15, 0.2) is 48.9 Å². The second-order valence-electron chi connectivity index (χ2n) is 8.19. The Hall–Kier alpha value is -4.28. The molecule has 170 valence electrons. The Balaban J connectivity index is 1.41. The van der Waals surface area contributed by atoms with Crippen molar-refractivity contribution in [2.24, 2.45) is 0 Å². The number of carbonyl (C=O) groups excluding carboxylic acids is 2. The monoisotopic (exact) mass is 464 g/mol. The highest BCUT2D eigenvalue weighted by Crippen LogP contribution is 2.44. The number of anilines is 2. The third-order valence-electron chi connectivity index (χ3n) is 5.92. The third kappa shape index (κ3) is 3.19. The molecule has 0 unspecified atom stereocenters. The first-order chi connectivity index (χ1) is 16.3. The molecule has 0 atom stereocenters. The highest BCUT2D eigenvalue weighted by atomic mass is 19.4. The van der Waals surface area contributed by atoms with Crippen LogP contribution < -0.4 is 10.6 Å². The van der Waals surface area contributed by atoms with Gasteiger partial charge in [-0.05, 0) is 31.0 Å². The summed E-state index contributed by atoms with van der Waals surface area (Å²) < 4.78 is 40.6. The Labute approximate surface area is 189 Å². The van der Waals surface area contributed by atoms with Crippen LogP contribution in [0.1, 0.15) is 50.9 Å². The topological polar surface area (TPSA) is 102 Å². The second-order valence-corrected chi connectivity index (χ2v) is 8.19. The number of rotatable bonds is 4. The molecule has 1 aromatic carbocycles. The summed E-state index contributed by atoms with van der Waals surface area (Å²) >= 11 is 0. The molecule has 1 aliphatic heterocycles. The standard InChI is InChI=1S/C23H15F3N6O2/c24-23(25,26)17-8-12(6-7-27-17)30-22(34)15-9-29-32(19(15)11-4-5-11)16-10-28-20-18-13(16)2-1-3-14(18)21(33)31-20/h1-3,6-11H,4-5H2,(H,27,30,34)(H,28,31,33). The van der Waals surface area contributed by atoms with Gasteiger partial charge in [-0.25, -0.2) is 9.67 Å². The first-order valence-corrected chi connectivity index (χ1v) is 10.5. The van der Waals surface area contributed by atoms with E-state index in [0.29, 0.717) is 28.1 Å². The quantitative estimate of drug-likeness (QED) is 0.462. The molecule has 34 heavy (non-hydrogen) atoms. The maximum absolute atomic E-state index is 13.1. The lowest BCUT2D eigenvalue weighted by atomic mass is 10.1. The van der Waals surface area contributed by atoms with Crippen molar-refractivity contribution < 1.29 is 22.8 Å². The zero-order valence-electron chi connectivity index (χ0n) is 17.3. The fourth-order valence-electron chi connectivity index (χ4n) is 4.24. The van der Waals surface area contributed by atoms with Gasteiger partial charge in [0.2, 0.25) is 0 Å². The molecule has 0 spiro atoms. The molecule has 6 rings (SSSR count). The number of nitrogens with zero attached hydrogens (tertiary/aromatic N) is 4. The molecule has 8 nitrogen and oxygen atoms in total. The number of benzene rings is 1. The first-order valence-electron chi connectivity index (χ1n) is 10.5. The largest absolute Gasteiger partial charge is 0.433 e. The van der Waals surface area contributed by atoms with Gasteiger partial charge in [0.05, 0.1) is 34.9 Å². The molecule has 11 heteroatoms. The predicted octanol–water partition coefficient (Wildman–Crippen LogP) is 4.53. The van der Waals surface area contributed by atoms with E-state index in [2.05, 4.69) is 25.7 Å². The molecule has 3 aromatic heterocycles. The number of amides is 2. The minimum Gasteiger partial charge on any atom is -0.322 e. The Morgan fingerprint density at radius 2 is 1.97 bits per heavy atom. The van der Waals surface area contributed by atoms with Crippen molar-refractivity contribution in [3.05, 3.63) is 71.4 Å². The summed E-state index contributed by atoms with van der Waals surface area (Å²) in [4.78, 5) is 33.0.